The quantitative estimate of drug-likeness (QED) is 0.559. The molecule has 118 valence electrons. The van der Waals surface area contributed by atoms with E-state index in [2.05, 4.69) is 10.3 Å². The molecule has 0 radical (unpaired) electrons. The monoisotopic (exact) mass is 340 g/mol. The normalized spacial score (nSPS) is 11.1. The predicted octanol–water partition coefficient (Wildman–Crippen LogP) is 4.98. The molecule has 4 aromatic rings. The molecule has 0 unspecified atom stereocenters. The highest BCUT2D eigenvalue weighted by molar-refractivity contribution is 7.22. The second-order valence-corrected chi connectivity index (χ2v) is 6.27. The number of benzene rings is 3. The van der Waals surface area contributed by atoms with E-state index in [1.165, 1.54) is 17.4 Å². The van der Waals surface area contributed by atoms with Gasteiger partial charge in [0.05, 0.1) is 10.2 Å². The minimum Gasteiger partial charge on any atom is -0.298 e. The van der Waals surface area contributed by atoms with Crippen molar-refractivity contribution in [2.24, 2.45) is 0 Å². The van der Waals surface area contributed by atoms with Crippen LogP contribution in [-0.4, -0.2) is 10.9 Å². The molecule has 3 aromatic carbocycles. The van der Waals surface area contributed by atoms with Gasteiger partial charge in [0.25, 0.3) is 5.91 Å². The highest BCUT2D eigenvalue weighted by Crippen LogP contribution is 2.31. The zero-order valence-corrected chi connectivity index (χ0v) is 13.0. The molecule has 0 spiro atoms. The molecule has 1 N–H and O–H groups in total. The Labute approximate surface area is 139 Å². The lowest BCUT2D eigenvalue weighted by Gasteiger charge is -2.02. The number of halogens is 2. The van der Waals surface area contributed by atoms with E-state index in [1.54, 1.807) is 0 Å². The molecule has 0 saturated heterocycles. The molecule has 6 heteroatoms. The van der Waals surface area contributed by atoms with Crippen LogP contribution in [0.15, 0.2) is 54.6 Å². The van der Waals surface area contributed by atoms with Gasteiger partial charge in [0, 0.05) is 10.9 Å². The van der Waals surface area contributed by atoms with Crippen molar-refractivity contribution in [1.82, 2.24) is 4.98 Å². The van der Waals surface area contributed by atoms with Crippen molar-refractivity contribution in [3.05, 3.63) is 71.8 Å². The molecule has 0 saturated carbocycles. The maximum Gasteiger partial charge on any atom is 0.257 e. The molecular formula is C18H10F2N2OS. The Morgan fingerprint density at radius 1 is 1.00 bits per heavy atom. The molecule has 0 aliphatic heterocycles. The summed E-state index contributed by atoms with van der Waals surface area (Å²) in [6.45, 7) is 0. The molecule has 0 aliphatic carbocycles. The molecule has 1 aromatic heterocycles. The number of amides is 1. The zero-order valence-electron chi connectivity index (χ0n) is 12.2. The summed E-state index contributed by atoms with van der Waals surface area (Å²) in [4.78, 5) is 16.6. The summed E-state index contributed by atoms with van der Waals surface area (Å²) in [6.07, 6.45) is 0. The smallest absolute Gasteiger partial charge is 0.257 e. The first-order chi connectivity index (χ1) is 11.6. The van der Waals surface area contributed by atoms with Crippen molar-refractivity contribution in [2.75, 3.05) is 5.32 Å². The Bertz CT molecular complexity index is 1090. The largest absolute Gasteiger partial charge is 0.298 e. The molecule has 0 bridgehead atoms. The van der Waals surface area contributed by atoms with Crippen LogP contribution in [0.5, 0.6) is 0 Å². The first-order valence-electron chi connectivity index (χ1n) is 7.16. The number of aromatic nitrogens is 1. The van der Waals surface area contributed by atoms with Gasteiger partial charge in [-0.1, -0.05) is 41.7 Å². The average Bonchev–Trinajstić information content (AvgIpc) is 3.00. The van der Waals surface area contributed by atoms with Gasteiger partial charge in [-0.25, -0.2) is 13.8 Å². The highest BCUT2D eigenvalue weighted by Gasteiger charge is 2.13. The summed E-state index contributed by atoms with van der Waals surface area (Å²) in [7, 11) is 0. The van der Waals surface area contributed by atoms with Crippen LogP contribution >= 0.6 is 11.3 Å². The van der Waals surface area contributed by atoms with E-state index in [0.717, 1.165) is 33.1 Å². The lowest BCUT2D eigenvalue weighted by Crippen LogP contribution is -2.12. The number of carbonyl (C=O) groups is 1. The molecule has 0 fully saturated rings. The van der Waals surface area contributed by atoms with Crippen LogP contribution in [0, 0.1) is 11.6 Å². The maximum atomic E-state index is 13.3. The van der Waals surface area contributed by atoms with E-state index >= 15 is 0 Å². The number of nitrogens with zero attached hydrogens (tertiary/aromatic N) is 1. The Balaban J connectivity index is 1.70. The number of thiazole rings is 1. The van der Waals surface area contributed by atoms with Gasteiger partial charge in [-0.2, -0.15) is 0 Å². The summed E-state index contributed by atoms with van der Waals surface area (Å²) in [6, 6.07) is 14.8. The van der Waals surface area contributed by atoms with Crippen LogP contribution in [-0.2, 0) is 0 Å². The van der Waals surface area contributed by atoms with E-state index in [4.69, 9.17) is 0 Å². The fraction of sp³-hybridized carbons (Fsp3) is 0. The Morgan fingerprint density at radius 3 is 2.67 bits per heavy atom. The first-order valence-corrected chi connectivity index (χ1v) is 7.98. The average molecular weight is 340 g/mol. The van der Waals surface area contributed by atoms with E-state index in [9.17, 15) is 13.6 Å². The van der Waals surface area contributed by atoms with Crippen LogP contribution in [0.3, 0.4) is 0 Å². The maximum absolute atomic E-state index is 13.3. The van der Waals surface area contributed by atoms with Crippen LogP contribution in [0.1, 0.15) is 10.4 Å². The van der Waals surface area contributed by atoms with E-state index in [0.29, 0.717) is 5.13 Å². The number of carbonyl (C=O) groups excluding carboxylic acids is 1. The van der Waals surface area contributed by atoms with Crippen LogP contribution in [0.25, 0.3) is 21.0 Å². The minimum absolute atomic E-state index is 0.0398. The van der Waals surface area contributed by atoms with Gasteiger partial charge in [-0.15, -0.1) is 0 Å². The van der Waals surface area contributed by atoms with Crippen LogP contribution < -0.4 is 5.32 Å². The van der Waals surface area contributed by atoms with Gasteiger partial charge in [0.1, 0.15) is 0 Å². The number of hydrogen-bond donors (Lipinski definition) is 1. The van der Waals surface area contributed by atoms with Gasteiger partial charge in [0.2, 0.25) is 0 Å². The van der Waals surface area contributed by atoms with E-state index in [1.807, 2.05) is 36.4 Å². The second kappa shape index (κ2) is 5.65. The number of hydrogen-bond acceptors (Lipinski definition) is 3. The van der Waals surface area contributed by atoms with Crippen LogP contribution in [0.2, 0.25) is 0 Å². The first kappa shape index (κ1) is 14.7. The lowest BCUT2D eigenvalue weighted by molar-refractivity contribution is 0.102. The fourth-order valence-corrected chi connectivity index (χ4v) is 3.40. The zero-order chi connectivity index (χ0) is 16.7. The third kappa shape index (κ3) is 2.51. The molecule has 0 aliphatic rings. The van der Waals surface area contributed by atoms with Gasteiger partial charge in [0.15, 0.2) is 16.8 Å². The van der Waals surface area contributed by atoms with Crippen molar-refractivity contribution < 1.29 is 13.6 Å². The topological polar surface area (TPSA) is 42.0 Å². The van der Waals surface area contributed by atoms with E-state index < -0.39 is 17.5 Å². The minimum atomic E-state index is -1.06. The van der Waals surface area contributed by atoms with Gasteiger partial charge < -0.3 is 0 Å². The number of fused-ring (bicyclic) bond motifs is 3. The predicted molar refractivity (Wildman–Crippen MR) is 91.4 cm³/mol. The summed E-state index contributed by atoms with van der Waals surface area (Å²) < 4.78 is 27.2. The molecular weight excluding hydrogens is 330 g/mol. The highest BCUT2D eigenvalue weighted by atomic mass is 32.1. The van der Waals surface area contributed by atoms with Crippen molar-refractivity contribution in [1.29, 1.82) is 0 Å². The van der Waals surface area contributed by atoms with Crippen molar-refractivity contribution in [3.63, 3.8) is 0 Å². The Kier molecular flexibility index (Phi) is 3.46. The fourth-order valence-electron chi connectivity index (χ4n) is 2.52. The summed E-state index contributed by atoms with van der Waals surface area (Å²) in [5.41, 5.74) is 0.844. The summed E-state index contributed by atoms with van der Waals surface area (Å²) >= 11 is 1.33. The molecule has 0 atom stereocenters. The second-order valence-electron chi connectivity index (χ2n) is 5.24. The Hall–Kier alpha value is -2.86. The van der Waals surface area contributed by atoms with Gasteiger partial charge in [-0.05, 0) is 29.7 Å². The molecule has 3 nitrogen and oxygen atoms in total. The van der Waals surface area contributed by atoms with E-state index in [-0.39, 0.29) is 5.56 Å². The third-order valence-corrected chi connectivity index (χ3v) is 4.62. The number of anilines is 1. The SMILES string of the molecule is O=C(Nc1nc2c(ccc3ccccc32)s1)c1ccc(F)c(F)c1. The summed E-state index contributed by atoms with van der Waals surface area (Å²) in [5, 5.41) is 5.11. The van der Waals surface area contributed by atoms with Crippen molar-refractivity contribution in [2.45, 2.75) is 0 Å². The summed E-state index contributed by atoms with van der Waals surface area (Å²) in [5.74, 6) is -2.58. The Morgan fingerprint density at radius 2 is 1.83 bits per heavy atom. The third-order valence-electron chi connectivity index (χ3n) is 3.69. The molecule has 1 heterocycles. The molecule has 24 heavy (non-hydrogen) atoms. The van der Waals surface area contributed by atoms with Crippen LogP contribution in [0.4, 0.5) is 13.9 Å². The van der Waals surface area contributed by atoms with Gasteiger partial charge in [-0.3, -0.25) is 10.1 Å². The standard InChI is InChI=1S/C18H10F2N2OS/c19-13-7-5-11(9-14(13)20)17(23)22-18-21-16-12-4-2-1-3-10(12)6-8-15(16)24-18/h1-9H,(H,21,22,23). The van der Waals surface area contributed by atoms with Gasteiger partial charge >= 0.3 is 0 Å². The number of nitrogens with one attached hydrogen (secondary N) is 1. The van der Waals surface area contributed by atoms with Crippen molar-refractivity contribution in [3.8, 4) is 0 Å². The van der Waals surface area contributed by atoms with Crippen molar-refractivity contribution >= 4 is 43.4 Å². The molecule has 1 amide bonds. The molecule has 4 rings (SSSR count). The number of rotatable bonds is 2. The lowest BCUT2D eigenvalue weighted by atomic mass is 10.1.